The quantitative estimate of drug-likeness (QED) is 0.107. The zero-order valence-corrected chi connectivity index (χ0v) is 26.1. The number of ether oxygens (including phenoxy) is 1. The summed E-state index contributed by atoms with van der Waals surface area (Å²) < 4.78 is 6.05. The van der Waals surface area contributed by atoms with E-state index in [0.717, 1.165) is 27.2 Å². The van der Waals surface area contributed by atoms with Crippen LogP contribution in [0.5, 0.6) is 11.5 Å². The van der Waals surface area contributed by atoms with E-state index in [-0.39, 0.29) is 30.2 Å². The third-order valence-corrected chi connectivity index (χ3v) is 8.93. The van der Waals surface area contributed by atoms with Crippen LogP contribution in [0.3, 0.4) is 0 Å². The Morgan fingerprint density at radius 3 is 2.41 bits per heavy atom. The first-order valence-electron chi connectivity index (χ1n) is 15.3. The minimum atomic E-state index is -1.03. The number of nitro benzene ring substituents is 1. The molecule has 0 bridgehead atoms. The Labute approximate surface area is 267 Å². The van der Waals surface area contributed by atoms with E-state index < -0.39 is 47.2 Å². The molecule has 1 fully saturated rings. The van der Waals surface area contributed by atoms with Gasteiger partial charge in [-0.05, 0) is 98.2 Å². The van der Waals surface area contributed by atoms with Crippen LogP contribution in [0.4, 0.5) is 11.4 Å². The number of fused-ring (bicyclic) bond motifs is 1. The van der Waals surface area contributed by atoms with E-state index in [9.17, 15) is 35.0 Å². The fourth-order valence-electron chi connectivity index (χ4n) is 6.73. The Kier molecular flexibility index (Phi) is 9.69. The van der Waals surface area contributed by atoms with Crippen molar-refractivity contribution in [3.63, 3.8) is 0 Å². The SMILES string of the molecule is C/C(=C\c1cc(C)c(O)c(C)c1)CC[C@@H](O)C1=C(COc2ccccc2)C[C@H]2C(=O)N(c3cccc([N+](=O)[O-])c3)C(=O)[C@H]2[C@H]1CO. The van der Waals surface area contributed by atoms with Crippen LogP contribution in [0, 0.1) is 41.7 Å². The van der Waals surface area contributed by atoms with Crippen LogP contribution in [0.1, 0.15) is 42.9 Å². The molecule has 1 aliphatic carbocycles. The number of hydrogen-bond acceptors (Lipinski definition) is 8. The second-order valence-electron chi connectivity index (χ2n) is 12.1. The van der Waals surface area contributed by atoms with Gasteiger partial charge in [0.2, 0.25) is 11.8 Å². The number of para-hydroxylation sites is 1. The van der Waals surface area contributed by atoms with Crippen molar-refractivity contribution in [1.29, 1.82) is 0 Å². The van der Waals surface area contributed by atoms with Crippen LogP contribution in [-0.2, 0) is 9.59 Å². The number of anilines is 1. The van der Waals surface area contributed by atoms with Gasteiger partial charge < -0.3 is 20.1 Å². The number of hydrogen-bond donors (Lipinski definition) is 3. The van der Waals surface area contributed by atoms with Crippen molar-refractivity contribution in [2.75, 3.05) is 18.1 Å². The topological polar surface area (TPSA) is 150 Å². The summed E-state index contributed by atoms with van der Waals surface area (Å²) in [5.74, 6) is -2.82. The van der Waals surface area contributed by atoms with Gasteiger partial charge in [-0.15, -0.1) is 0 Å². The third-order valence-electron chi connectivity index (χ3n) is 8.93. The molecule has 0 spiro atoms. The van der Waals surface area contributed by atoms with Crippen LogP contribution in [0.25, 0.3) is 6.08 Å². The maximum absolute atomic E-state index is 13.9. The number of rotatable bonds is 11. The predicted molar refractivity (Wildman–Crippen MR) is 173 cm³/mol. The van der Waals surface area contributed by atoms with E-state index in [1.54, 1.807) is 12.1 Å². The van der Waals surface area contributed by atoms with Crippen molar-refractivity contribution in [2.45, 2.75) is 46.1 Å². The van der Waals surface area contributed by atoms with Gasteiger partial charge in [0.15, 0.2) is 0 Å². The first-order valence-corrected chi connectivity index (χ1v) is 15.3. The average molecular weight is 627 g/mol. The summed E-state index contributed by atoms with van der Waals surface area (Å²) in [4.78, 5) is 39.4. The van der Waals surface area contributed by atoms with Gasteiger partial charge in [-0.25, -0.2) is 4.90 Å². The first kappa shape index (κ1) is 32.6. The predicted octanol–water partition coefficient (Wildman–Crippen LogP) is 5.66. The van der Waals surface area contributed by atoms with Crippen LogP contribution in [-0.4, -0.2) is 51.4 Å². The van der Waals surface area contributed by atoms with Crippen molar-refractivity contribution < 1.29 is 34.6 Å². The van der Waals surface area contributed by atoms with Gasteiger partial charge in [0, 0.05) is 18.1 Å². The number of amides is 2. The van der Waals surface area contributed by atoms with E-state index in [0.29, 0.717) is 29.7 Å². The number of nitro groups is 1. The molecular weight excluding hydrogens is 588 g/mol. The number of carbonyl (C=O) groups excluding carboxylic acids is 2. The van der Waals surface area contributed by atoms with Crippen LogP contribution in [0.15, 0.2) is 83.4 Å². The number of nitrogens with zero attached hydrogens (tertiary/aromatic N) is 2. The molecule has 0 radical (unpaired) electrons. The number of aliphatic hydroxyl groups excluding tert-OH is 2. The van der Waals surface area contributed by atoms with Crippen molar-refractivity contribution in [2.24, 2.45) is 17.8 Å². The summed E-state index contributed by atoms with van der Waals surface area (Å²) in [6, 6.07) is 18.3. The summed E-state index contributed by atoms with van der Waals surface area (Å²) in [5.41, 5.74) is 4.44. The lowest BCUT2D eigenvalue weighted by atomic mass is 9.68. The molecule has 5 rings (SSSR count). The van der Waals surface area contributed by atoms with Crippen molar-refractivity contribution >= 4 is 29.3 Å². The van der Waals surface area contributed by atoms with E-state index in [1.165, 1.54) is 24.3 Å². The molecule has 0 unspecified atom stereocenters. The second-order valence-corrected chi connectivity index (χ2v) is 12.1. The fraction of sp³-hybridized carbons (Fsp3) is 0.333. The van der Waals surface area contributed by atoms with Gasteiger partial charge in [-0.3, -0.25) is 19.7 Å². The van der Waals surface area contributed by atoms with E-state index in [1.807, 2.05) is 57.2 Å². The zero-order chi connectivity index (χ0) is 33.1. The molecule has 0 saturated carbocycles. The van der Waals surface area contributed by atoms with Crippen LogP contribution >= 0.6 is 0 Å². The maximum atomic E-state index is 13.9. The van der Waals surface area contributed by atoms with Gasteiger partial charge in [0.1, 0.15) is 18.1 Å². The number of allylic oxidation sites excluding steroid dienone is 1. The lowest BCUT2D eigenvalue weighted by Crippen LogP contribution is -2.40. The Bertz CT molecular complexity index is 1690. The summed E-state index contributed by atoms with van der Waals surface area (Å²) in [6.45, 7) is 5.20. The minimum Gasteiger partial charge on any atom is -0.507 e. The lowest BCUT2D eigenvalue weighted by molar-refractivity contribution is -0.384. The minimum absolute atomic E-state index is 0.0509. The van der Waals surface area contributed by atoms with Crippen molar-refractivity contribution in [1.82, 2.24) is 0 Å². The van der Waals surface area contributed by atoms with E-state index in [4.69, 9.17) is 4.74 Å². The molecule has 10 heteroatoms. The highest BCUT2D eigenvalue weighted by Gasteiger charge is 2.55. The Morgan fingerprint density at radius 1 is 1.07 bits per heavy atom. The summed E-state index contributed by atoms with van der Waals surface area (Å²) in [5, 5.41) is 43.9. The number of carbonyl (C=O) groups is 2. The van der Waals surface area contributed by atoms with Gasteiger partial charge in [-0.1, -0.05) is 35.9 Å². The number of phenolic OH excluding ortho intramolecular Hbond substituents is 1. The monoisotopic (exact) mass is 626 g/mol. The summed E-state index contributed by atoms with van der Waals surface area (Å²) in [7, 11) is 0. The Morgan fingerprint density at radius 2 is 1.76 bits per heavy atom. The molecule has 1 heterocycles. The summed E-state index contributed by atoms with van der Waals surface area (Å²) in [6.07, 6.45) is 1.91. The first-order chi connectivity index (χ1) is 22.0. The Balaban J connectivity index is 1.45. The van der Waals surface area contributed by atoms with Crippen molar-refractivity contribution in [3.8, 4) is 11.5 Å². The highest BCUT2D eigenvalue weighted by atomic mass is 16.6. The molecule has 3 N–H and O–H groups in total. The number of aromatic hydroxyl groups is 1. The number of non-ortho nitro benzene ring substituents is 1. The molecule has 10 nitrogen and oxygen atoms in total. The smallest absolute Gasteiger partial charge is 0.271 e. The number of phenols is 1. The number of aliphatic hydroxyl groups is 2. The largest absolute Gasteiger partial charge is 0.507 e. The molecular formula is C36H38N2O8. The van der Waals surface area contributed by atoms with Gasteiger partial charge in [-0.2, -0.15) is 0 Å². The number of imide groups is 1. The third kappa shape index (κ3) is 6.59. The molecule has 240 valence electrons. The standard InChI is InChI=1S/C36H38N2O8/c1-21(14-24-15-22(2)34(41)23(3)16-24)12-13-31(40)32-25(20-46-28-10-5-4-6-11-28)17-29-33(30(32)19-39)36(43)37(35(29)42)26-8-7-9-27(18-26)38(44)45/h4-11,14-16,18,29-31,33,39-41H,12-13,17,19-20H2,1-3H3/b21-14+/t29-,30+,31-,33-/m1/s1. The molecule has 2 amide bonds. The lowest BCUT2D eigenvalue weighted by Gasteiger charge is -2.36. The highest BCUT2D eigenvalue weighted by molar-refractivity contribution is 6.22. The fourth-order valence-corrected chi connectivity index (χ4v) is 6.73. The van der Waals surface area contributed by atoms with Crippen LogP contribution < -0.4 is 9.64 Å². The maximum Gasteiger partial charge on any atom is 0.271 e. The normalized spacial score (nSPS) is 20.6. The second kappa shape index (κ2) is 13.7. The van der Waals surface area contributed by atoms with Crippen LogP contribution in [0.2, 0.25) is 0 Å². The molecule has 3 aromatic rings. The van der Waals surface area contributed by atoms with Gasteiger partial charge >= 0.3 is 0 Å². The van der Waals surface area contributed by atoms with Gasteiger partial charge in [0.25, 0.3) is 5.69 Å². The summed E-state index contributed by atoms with van der Waals surface area (Å²) >= 11 is 0. The highest BCUT2D eigenvalue weighted by Crippen LogP contribution is 2.47. The molecule has 2 aliphatic rings. The number of benzene rings is 3. The Hall–Kier alpha value is -4.80. The molecule has 46 heavy (non-hydrogen) atoms. The average Bonchev–Trinajstić information content (AvgIpc) is 3.29. The molecule has 1 aliphatic heterocycles. The van der Waals surface area contributed by atoms with Crippen molar-refractivity contribution in [3.05, 3.63) is 110 Å². The number of aryl methyl sites for hydroxylation is 2. The zero-order valence-electron chi connectivity index (χ0n) is 26.1. The van der Waals surface area contributed by atoms with Gasteiger partial charge in [0.05, 0.1) is 35.2 Å². The van der Waals surface area contributed by atoms with E-state index >= 15 is 0 Å². The molecule has 1 saturated heterocycles. The molecule has 0 aromatic heterocycles. The van der Waals surface area contributed by atoms with E-state index in [2.05, 4.69) is 0 Å². The molecule has 4 atom stereocenters. The molecule has 3 aromatic carbocycles.